The van der Waals surface area contributed by atoms with Gasteiger partial charge in [0, 0.05) is 24.9 Å². The van der Waals surface area contributed by atoms with Crippen molar-refractivity contribution in [2.24, 2.45) is 5.92 Å². The summed E-state index contributed by atoms with van der Waals surface area (Å²) in [6, 6.07) is 7.01. The molecular formula is C15H15NO4. The molecule has 0 aliphatic carbocycles. The van der Waals surface area contributed by atoms with E-state index in [9.17, 15) is 9.59 Å². The highest BCUT2D eigenvalue weighted by Gasteiger charge is 2.26. The van der Waals surface area contributed by atoms with Crippen LogP contribution in [0.4, 0.5) is 0 Å². The first-order chi connectivity index (χ1) is 9.52. The van der Waals surface area contributed by atoms with Crippen LogP contribution in [0.1, 0.15) is 29.5 Å². The molecule has 1 unspecified atom stereocenters. The molecule has 5 nitrogen and oxygen atoms in total. The number of carboxylic acid groups (broad SMARTS) is 1. The maximum absolute atomic E-state index is 11.8. The standard InChI is InChI=1S/C15H15NO4/c1-9-4-14(17)16(7-9)8-10-2-3-12-11(5-10)6-13(20-12)15(18)19/h2-3,5-6,9H,4,7-8H2,1H3,(H,18,19). The Morgan fingerprint density at radius 3 is 2.90 bits per heavy atom. The SMILES string of the molecule is CC1CC(=O)N(Cc2ccc3oc(C(=O)O)cc3c2)C1. The van der Waals surface area contributed by atoms with E-state index in [1.807, 2.05) is 17.0 Å². The number of benzene rings is 1. The summed E-state index contributed by atoms with van der Waals surface area (Å²) in [5, 5.41) is 9.65. The van der Waals surface area contributed by atoms with E-state index >= 15 is 0 Å². The van der Waals surface area contributed by atoms with E-state index in [0.717, 1.165) is 17.5 Å². The maximum Gasteiger partial charge on any atom is 0.371 e. The summed E-state index contributed by atoms with van der Waals surface area (Å²) in [5.74, 6) is -0.566. The molecule has 1 aromatic carbocycles. The van der Waals surface area contributed by atoms with Crippen molar-refractivity contribution in [3.63, 3.8) is 0 Å². The Bertz CT molecular complexity index is 688. The second-order valence-corrected chi connectivity index (χ2v) is 5.37. The highest BCUT2D eigenvalue weighted by atomic mass is 16.4. The molecule has 104 valence electrons. The van der Waals surface area contributed by atoms with Crippen LogP contribution in [0.3, 0.4) is 0 Å². The maximum atomic E-state index is 11.8. The number of carbonyl (C=O) groups is 2. The van der Waals surface area contributed by atoms with E-state index in [2.05, 4.69) is 6.92 Å². The first kappa shape index (κ1) is 12.7. The zero-order valence-corrected chi connectivity index (χ0v) is 11.1. The fourth-order valence-electron chi connectivity index (χ4n) is 2.64. The Morgan fingerprint density at radius 2 is 2.25 bits per heavy atom. The molecule has 1 atom stereocenters. The number of hydrogen-bond acceptors (Lipinski definition) is 3. The predicted molar refractivity (Wildman–Crippen MR) is 72.4 cm³/mol. The molecule has 0 radical (unpaired) electrons. The van der Waals surface area contributed by atoms with Gasteiger partial charge in [-0.3, -0.25) is 4.79 Å². The Labute approximate surface area is 115 Å². The monoisotopic (exact) mass is 273 g/mol. The van der Waals surface area contributed by atoms with Crippen molar-refractivity contribution >= 4 is 22.8 Å². The van der Waals surface area contributed by atoms with Gasteiger partial charge in [-0.1, -0.05) is 13.0 Å². The van der Waals surface area contributed by atoms with E-state index in [4.69, 9.17) is 9.52 Å². The molecule has 0 bridgehead atoms. The highest BCUT2D eigenvalue weighted by molar-refractivity contribution is 5.91. The average molecular weight is 273 g/mol. The minimum absolute atomic E-state index is 0.0666. The number of nitrogens with zero attached hydrogens (tertiary/aromatic N) is 1. The molecule has 5 heteroatoms. The quantitative estimate of drug-likeness (QED) is 0.932. The fourth-order valence-corrected chi connectivity index (χ4v) is 2.64. The Balaban J connectivity index is 1.85. The number of hydrogen-bond donors (Lipinski definition) is 1. The predicted octanol–water partition coefficient (Wildman–Crippen LogP) is 2.50. The van der Waals surface area contributed by atoms with Crippen LogP contribution >= 0.6 is 0 Å². The van der Waals surface area contributed by atoms with Crippen molar-refractivity contribution in [1.29, 1.82) is 0 Å². The van der Waals surface area contributed by atoms with Gasteiger partial charge >= 0.3 is 5.97 Å². The van der Waals surface area contributed by atoms with Crippen LogP contribution in [-0.4, -0.2) is 28.4 Å². The van der Waals surface area contributed by atoms with Crippen molar-refractivity contribution in [2.45, 2.75) is 19.9 Å². The molecule has 20 heavy (non-hydrogen) atoms. The molecule has 1 aromatic heterocycles. The molecule has 1 amide bonds. The van der Waals surface area contributed by atoms with Gasteiger partial charge in [-0.15, -0.1) is 0 Å². The third-order valence-electron chi connectivity index (χ3n) is 3.57. The van der Waals surface area contributed by atoms with Crippen LogP contribution in [0.2, 0.25) is 0 Å². The minimum Gasteiger partial charge on any atom is -0.475 e. The van der Waals surface area contributed by atoms with E-state index in [-0.39, 0.29) is 11.7 Å². The lowest BCUT2D eigenvalue weighted by Crippen LogP contribution is -2.24. The number of furan rings is 1. The second kappa shape index (κ2) is 4.67. The summed E-state index contributed by atoms with van der Waals surface area (Å²) in [5.41, 5.74) is 1.53. The number of aromatic carboxylic acids is 1. The third kappa shape index (κ3) is 2.27. The van der Waals surface area contributed by atoms with E-state index < -0.39 is 5.97 Å². The second-order valence-electron chi connectivity index (χ2n) is 5.37. The molecule has 1 aliphatic rings. The zero-order chi connectivity index (χ0) is 14.3. The van der Waals surface area contributed by atoms with Crippen molar-refractivity contribution in [1.82, 2.24) is 4.90 Å². The molecular weight excluding hydrogens is 258 g/mol. The van der Waals surface area contributed by atoms with Gasteiger partial charge in [0.1, 0.15) is 5.58 Å². The number of carboxylic acids is 1. The van der Waals surface area contributed by atoms with Crippen LogP contribution < -0.4 is 0 Å². The first-order valence-electron chi connectivity index (χ1n) is 6.56. The van der Waals surface area contributed by atoms with Crippen LogP contribution in [-0.2, 0) is 11.3 Å². The van der Waals surface area contributed by atoms with Gasteiger partial charge in [0.15, 0.2) is 0 Å². The summed E-state index contributed by atoms with van der Waals surface area (Å²) < 4.78 is 5.21. The summed E-state index contributed by atoms with van der Waals surface area (Å²) in [7, 11) is 0. The molecule has 1 saturated heterocycles. The highest BCUT2D eigenvalue weighted by Crippen LogP contribution is 2.24. The van der Waals surface area contributed by atoms with Gasteiger partial charge in [-0.05, 0) is 29.7 Å². The zero-order valence-electron chi connectivity index (χ0n) is 11.1. The molecule has 0 spiro atoms. The lowest BCUT2D eigenvalue weighted by Gasteiger charge is -2.15. The third-order valence-corrected chi connectivity index (χ3v) is 3.57. The Hall–Kier alpha value is -2.30. The van der Waals surface area contributed by atoms with Gasteiger partial charge in [-0.25, -0.2) is 4.79 Å². The molecule has 1 aliphatic heterocycles. The smallest absolute Gasteiger partial charge is 0.371 e. The van der Waals surface area contributed by atoms with Gasteiger partial charge in [0.05, 0.1) is 0 Å². The van der Waals surface area contributed by atoms with Crippen molar-refractivity contribution in [3.8, 4) is 0 Å². The van der Waals surface area contributed by atoms with E-state index in [0.29, 0.717) is 24.5 Å². The molecule has 1 N–H and O–H groups in total. The number of fused-ring (bicyclic) bond motifs is 1. The summed E-state index contributed by atoms with van der Waals surface area (Å²) >= 11 is 0. The molecule has 0 saturated carbocycles. The topological polar surface area (TPSA) is 70.8 Å². The Kier molecular flexibility index (Phi) is 2.97. The molecule has 2 heterocycles. The minimum atomic E-state index is -1.08. The normalized spacial score (nSPS) is 18.9. The van der Waals surface area contributed by atoms with Crippen LogP contribution in [0, 0.1) is 5.92 Å². The number of rotatable bonds is 3. The van der Waals surface area contributed by atoms with Gasteiger partial charge in [0.25, 0.3) is 0 Å². The number of carbonyl (C=O) groups excluding carboxylic acids is 1. The molecule has 3 rings (SSSR count). The average Bonchev–Trinajstić information content (AvgIpc) is 2.93. The Morgan fingerprint density at radius 1 is 1.45 bits per heavy atom. The van der Waals surface area contributed by atoms with Crippen LogP contribution in [0.5, 0.6) is 0 Å². The number of amides is 1. The lowest BCUT2D eigenvalue weighted by atomic mass is 10.1. The van der Waals surface area contributed by atoms with E-state index in [1.165, 1.54) is 6.07 Å². The van der Waals surface area contributed by atoms with Crippen molar-refractivity contribution in [2.75, 3.05) is 6.54 Å². The van der Waals surface area contributed by atoms with Crippen LogP contribution in [0.15, 0.2) is 28.7 Å². The largest absolute Gasteiger partial charge is 0.475 e. The van der Waals surface area contributed by atoms with Gasteiger partial charge in [0.2, 0.25) is 11.7 Å². The fraction of sp³-hybridized carbons (Fsp3) is 0.333. The van der Waals surface area contributed by atoms with Crippen LogP contribution in [0.25, 0.3) is 11.0 Å². The summed E-state index contributed by atoms with van der Waals surface area (Å²) in [6.45, 7) is 3.41. The van der Waals surface area contributed by atoms with Gasteiger partial charge in [-0.2, -0.15) is 0 Å². The lowest BCUT2D eigenvalue weighted by molar-refractivity contribution is -0.128. The summed E-state index contributed by atoms with van der Waals surface area (Å²) in [6.07, 6.45) is 0.608. The molecule has 2 aromatic rings. The first-order valence-corrected chi connectivity index (χ1v) is 6.56. The van der Waals surface area contributed by atoms with Gasteiger partial charge < -0.3 is 14.4 Å². The van der Waals surface area contributed by atoms with Crippen molar-refractivity contribution in [3.05, 3.63) is 35.6 Å². The van der Waals surface area contributed by atoms with E-state index in [1.54, 1.807) is 6.07 Å². The van der Waals surface area contributed by atoms with Crippen molar-refractivity contribution < 1.29 is 19.1 Å². The summed E-state index contributed by atoms with van der Waals surface area (Å²) in [4.78, 5) is 24.5. The number of likely N-dealkylation sites (tertiary alicyclic amines) is 1. The molecule has 1 fully saturated rings.